The molecule has 2 fully saturated rings. The molecule has 0 saturated carbocycles. The Bertz CT molecular complexity index is 892. The Hall–Kier alpha value is -2.06. The highest BCUT2D eigenvalue weighted by Crippen LogP contribution is 2.62. The zero-order valence-electron chi connectivity index (χ0n) is 17.9. The lowest BCUT2D eigenvalue weighted by molar-refractivity contribution is -0.300. The molecule has 0 unspecified atom stereocenters. The van der Waals surface area contributed by atoms with Gasteiger partial charge in [-0.25, -0.2) is 4.79 Å². The van der Waals surface area contributed by atoms with Gasteiger partial charge in [0.05, 0.1) is 0 Å². The van der Waals surface area contributed by atoms with E-state index in [1.54, 1.807) is 32.9 Å². The number of hydrogen-bond acceptors (Lipinski definition) is 7. The van der Waals surface area contributed by atoms with Gasteiger partial charge in [-0.1, -0.05) is 51.1 Å². The largest absolute Gasteiger partial charge is 0.433 e. The zero-order valence-corrected chi connectivity index (χ0v) is 17.9. The van der Waals surface area contributed by atoms with E-state index >= 15 is 0 Å². The summed E-state index contributed by atoms with van der Waals surface area (Å²) < 4.78 is 23.2. The van der Waals surface area contributed by atoms with E-state index in [0.717, 1.165) is 0 Å². The number of ketones is 1. The number of benzene rings is 1. The monoisotopic (exact) mass is 416 g/mol. The van der Waals surface area contributed by atoms with Crippen molar-refractivity contribution in [1.29, 1.82) is 0 Å². The molecule has 4 rings (SSSR count). The van der Waals surface area contributed by atoms with Gasteiger partial charge >= 0.3 is 5.97 Å². The lowest BCUT2D eigenvalue weighted by atomic mass is 9.61. The van der Waals surface area contributed by atoms with Crippen LogP contribution in [0.4, 0.5) is 0 Å². The van der Waals surface area contributed by atoms with Crippen LogP contribution in [0.3, 0.4) is 0 Å². The number of ether oxygens (including phenoxy) is 4. The van der Waals surface area contributed by atoms with Crippen LogP contribution >= 0.6 is 0 Å². The molecule has 1 aromatic rings. The summed E-state index contributed by atoms with van der Waals surface area (Å²) >= 11 is 0. The molecule has 7 nitrogen and oxygen atoms in total. The maximum absolute atomic E-state index is 12.8. The fourth-order valence-electron chi connectivity index (χ4n) is 5.21. The van der Waals surface area contributed by atoms with Gasteiger partial charge in [0, 0.05) is 24.9 Å². The van der Waals surface area contributed by atoms with Crippen molar-refractivity contribution in [2.75, 3.05) is 7.11 Å². The van der Waals surface area contributed by atoms with Crippen molar-refractivity contribution in [2.45, 2.75) is 64.0 Å². The van der Waals surface area contributed by atoms with E-state index in [4.69, 9.17) is 18.9 Å². The molecular formula is C23H28O7. The summed E-state index contributed by atoms with van der Waals surface area (Å²) in [5.41, 5.74) is -1.25. The van der Waals surface area contributed by atoms with E-state index in [9.17, 15) is 14.7 Å². The van der Waals surface area contributed by atoms with Crippen molar-refractivity contribution in [3.05, 3.63) is 47.5 Å². The molecule has 3 aliphatic rings. The van der Waals surface area contributed by atoms with Crippen LogP contribution in [0.1, 0.15) is 45.8 Å². The minimum Gasteiger partial charge on any atom is -0.433 e. The third-order valence-electron chi connectivity index (χ3n) is 6.78. The molecule has 2 bridgehead atoms. The van der Waals surface area contributed by atoms with Crippen LogP contribution in [0.2, 0.25) is 0 Å². The van der Waals surface area contributed by atoms with Crippen LogP contribution < -0.4 is 0 Å². The van der Waals surface area contributed by atoms with E-state index in [1.165, 1.54) is 13.2 Å². The van der Waals surface area contributed by atoms with E-state index in [1.807, 2.05) is 25.1 Å². The minimum atomic E-state index is -1.52. The summed E-state index contributed by atoms with van der Waals surface area (Å²) in [5, 5.41) is 11.8. The molecule has 2 saturated heterocycles. The molecule has 2 heterocycles. The van der Waals surface area contributed by atoms with Crippen LogP contribution in [-0.2, 0) is 28.5 Å². The number of rotatable bonds is 4. The standard InChI is InChI=1S/C23H28O7/c1-13-12-22(23(26)14(2)11-16(24)18(29-22)21(23,3)4)30-20(13)28-19(25)17(27-5)15-9-7-6-8-10-15/h6-11,13,17-18,20,26H,12H2,1-5H3/t13-,17+,18-,20-,22-,23-/m1/s1. The first-order valence-electron chi connectivity index (χ1n) is 10.2. The molecule has 30 heavy (non-hydrogen) atoms. The molecular weight excluding hydrogens is 388 g/mol. The van der Waals surface area contributed by atoms with Crippen LogP contribution in [-0.4, -0.2) is 47.8 Å². The Kier molecular flexibility index (Phi) is 4.93. The van der Waals surface area contributed by atoms with Crippen molar-refractivity contribution >= 4 is 11.8 Å². The summed E-state index contributed by atoms with van der Waals surface area (Å²) in [7, 11) is 1.44. The van der Waals surface area contributed by atoms with Crippen molar-refractivity contribution in [1.82, 2.24) is 0 Å². The van der Waals surface area contributed by atoms with E-state index < -0.39 is 41.3 Å². The molecule has 0 aromatic heterocycles. The minimum absolute atomic E-state index is 0.195. The smallest absolute Gasteiger partial charge is 0.342 e. The topological polar surface area (TPSA) is 91.3 Å². The summed E-state index contributed by atoms with van der Waals surface area (Å²) in [6.45, 7) is 7.16. The van der Waals surface area contributed by atoms with Crippen LogP contribution in [0.25, 0.3) is 0 Å². The number of carbonyl (C=O) groups excluding carboxylic acids is 2. The van der Waals surface area contributed by atoms with Crippen molar-refractivity contribution < 1.29 is 33.6 Å². The molecule has 0 amide bonds. The number of methoxy groups -OCH3 is 1. The highest BCUT2D eigenvalue weighted by Gasteiger charge is 2.76. The van der Waals surface area contributed by atoms with Crippen molar-refractivity contribution in [2.24, 2.45) is 11.3 Å². The fourth-order valence-corrected chi connectivity index (χ4v) is 5.21. The second kappa shape index (κ2) is 6.99. The van der Waals surface area contributed by atoms with E-state index in [-0.39, 0.29) is 18.1 Å². The number of hydrogen-bond donors (Lipinski definition) is 1. The predicted octanol–water partition coefficient (Wildman–Crippen LogP) is 2.68. The van der Waals surface area contributed by atoms with Gasteiger partial charge in [-0.05, 0) is 24.1 Å². The molecule has 1 spiro atoms. The average molecular weight is 416 g/mol. The van der Waals surface area contributed by atoms with Crippen LogP contribution in [0.5, 0.6) is 0 Å². The van der Waals surface area contributed by atoms with Gasteiger partial charge in [-0.2, -0.15) is 0 Å². The third kappa shape index (κ3) is 2.73. The maximum Gasteiger partial charge on any atom is 0.342 e. The molecule has 1 aliphatic carbocycles. The second-order valence-corrected chi connectivity index (χ2v) is 9.04. The van der Waals surface area contributed by atoms with Gasteiger partial charge in [-0.3, -0.25) is 4.79 Å². The third-order valence-corrected chi connectivity index (χ3v) is 6.78. The second-order valence-electron chi connectivity index (χ2n) is 9.04. The highest BCUT2D eigenvalue weighted by atomic mass is 16.8. The maximum atomic E-state index is 12.8. The van der Waals surface area contributed by atoms with Crippen LogP contribution in [0, 0.1) is 11.3 Å². The van der Waals surface area contributed by atoms with Gasteiger partial charge < -0.3 is 24.1 Å². The lowest BCUT2D eigenvalue weighted by Gasteiger charge is -2.45. The summed E-state index contributed by atoms with van der Waals surface area (Å²) in [6.07, 6.45) is -0.966. The van der Waals surface area contributed by atoms with E-state index in [0.29, 0.717) is 11.1 Å². The van der Waals surface area contributed by atoms with Crippen molar-refractivity contribution in [3.63, 3.8) is 0 Å². The molecule has 1 aromatic carbocycles. The average Bonchev–Trinajstić information content (AvgIpc) is 3.06. The van der Waals surface area contributed by atoms with Gasteiger partial charge in [-0.15, -0.1) is 0 Å². The summed E-state index contributed by atoms with van der Waals surface area (Å²) in [4.78, 5) is 25.4. The summed E-state index contributed by atoms with van der Waals surface area (Å²) in [5.74, 6) is -2.51. The molecule has 1 N–H and O–H groups in total. The Balaban J connectivity index is 1.59. The van der Waals surface area contributed by atoms with Gasteiger partial charge in [0.15, 0.2) is 11.9 Å². The molecule has 2 aliphatic heterocycles. The van der Waals surface area contributed by atoms with Crippen LogP contribution in [0.15, 0.2) is 42.0 Å². The summed E-state index contributed by atoms with van der Waals surface area (Å²) in [6, 6.07) is 9.04. The Morgan fingerprint density at radius 1 is 1.23 bits per heavy atom. The first kappa shape index (κ1) is 21.2. The highest BCUT2D eigenvalue weighted by molar-refractivity contribution is 5.97. The molecule has 7 heteroatoms. The first-order chi connectivity index (χ1) is 14.1. The van der Waals surface area contributed by atoms with Gasteiger partial charge in [0.2, 0.25) is 12.1 Å². The molecule has 0 radical (unpaired) electrons. The van der Waals surface area contributed by atoms with Crippen molar-refractivity contribution in [3.8, 4) is 0 Å². The Morgan fingerprint density at radius 2 is 1.90 bits per heavy atom. The Labute approximate surface area is 175 Å². The SMILES string of the molecule is CO[C@H](C(=O)O[C@@H]1O[C@@]2(C[C@H]1C)O[C@@H]1C(=O)C=C(C)[C@@]2(O)C1(C)C)c1ccccc1. The van der Waals surface area contributed by atoms with Gasteiger partial charge in [0.1, 0.15) is 11.7 Å². The van der Waals surface area contributed by atoms with E-state index in [2.05, 4.69) is 0 Å². The lowest BCUT2D eigenvalue weighted by Crippen LogP contribution is -2.60. The normalized spacial score (nSPS) is 37.9. The Morgan fingerprint density at radius 3 is 2.53 bits per heavy atom. The number of fused-ring (bicyclic) bond motifs is 3. The number of carbonyl (C=O) groups is 2. The quantitative estimate of drug-likeness (QED) is 0.755. The molecule has 6 atom stereocenters. The fraction of sp³-hybridized carbons (Fsp3) is 0.565. The number of aliphatic hydroxyl groups is 1. The number of esters is 1. The van der Waals surface area contributed by atoms with Gasteiger partial charge in [0.25, 0.3) is 0 Å². The zero-order chi connectivity index (χ0) is 21.9. The predicted molar refractivity (Wildman–Crippen MR) is 106 cm³/mol. The molecule has 162 valence electrons. The first-order valence-corrected chi connectivity index (χ1v) is 10.2.